The fourth-order valence-corrected chi connectivity index (χ4v) is 2.51. The Labute approximate surface area is 117 Å². The van der Waals surface area contributed by atoms with Gasteiger partial charge in [-0.05, 0) is 26.3 Å². The highest BCUT2D eigenvalue weighted by Crippen LogP contribution is 2.13. The number of hydrogen-bond donors (Lipinski definition) is 1. The highest BCUT2D eigenvalue weighted by molar-refractivity contribution is 5.99. The molecule has 20 heavy (non-hydrogen) atoms. The largest absolute Gasteiger partial charge is 0.381 e. The van der Waals surface area contributed by atoms with Crippen LogP contribution in [0.2, 0.25) is 0 Å². The molecule has 1 aliphatic rings. The number of aryl methyl sites for hydroxylation is 2. The van der Waals surface area contributed by atoms with Crippen molar-refractivity contribution < 1.29 is 9.53 Å². The lowest BCUT2D eigenvalue weighted by atomic mass is 10.1. The van der Waals surface area contributed by atoms with Crippen LogP contribution in [0.4, 0.5) is 0 Å². The van der Waals surface area contributed by atoms with Gasteiger partial charge in [0.05, 0.1) is 12.8 Å². The standard InChI is InChI=1S/C14H18N4O2/c1-9-5-10(2)18-13(17-9)12(7-16-18)14(19)15-6-11-3-4-20-8-11/h5,7,11H,3-4,6,8H2,1-2H3,(H,15,19)/t11-/m0/s1. The van der Waals surface area contributed by atoms with E-state index in [1.807, 2.05) is 19.9 Å². The van der Waals surface area contributed by atoms with Crippen molar-refractivity contribution in [1.82, 2.24) is 19.9 Å². The average molecular weight is 274 g/mol. The fourth-order valence-electron chi connectivity index (χ4n) is 2.51. The van der Waals surface area contributed by atoms with E-state index in [2.05, 4.69) is 15.4 Å². The van der Waals surface area contributed by atoms with Gasteiger partial charge in [0, 0.05) is 30.5 Å². The first kappa shape index (κ1) is 13.1. The molecular formula is C14H18N4O2. The molecule has 2 aromatic rings. The molecule has 6 heteroatoms. The van der Waals surface area contributed by atoms with Crippen molar-refractivity contribution in [2.75, 3.05) is 19.8 Å². The van der Waals surface area contributed by atoms with Crippen LogP contribution in [-0.4, -0.2) is 40.3 Å². The highest BCUT2D eigenvalue weighted by atomic mass is 16.5. The Morgan fingerprint density at radius 3 is 3.15 bits per heavy atom. The van der Waals surface area contributed by atoms with Crippen molar-refractivity contribution in [3.05, 3.63) is 29.2 Å². The third kappa shape index (κ3) is 2.38. The van der Waals surface area contributed by atoms with Gasteiger partial charge in [0.1, 0.15) is 5.56 Å². The topological polar surface area (TPSA) is 68.5 Å². The molecule has 3 heterocycles. The van der Waals surface area contributed by atoms with Gasteiger partial charge in [-0.2, -0.15) is 5.10 Å². The van der Waals surface area contributed by atoms with Crippen LogP contribution >= 0.6 is 0 Å². The lowest BCUT2D eigenvalue weighted by molar-refractivity contribution is 0.0946. The molecule has 6 nitrogen and oxygen atoms in total. The van der Waals surface area contributed by atoms with Crippen LogP contribution in [-0.2, 0) is 4.74 Å². The van der Waals surface area contributed by atoms with Gasteiger partial charge < -0.3 is 10.1 Å². The molecule has 1 fully saturated rings. The van der Waals surface area contributed by atoms with Gasteiger partial charge in [0.2, 0.25) is 0 Å². The zero-order valence-electron chi connectivity index (χ0n) is 11.7. The molecule has 0 spiro atoms. The van der Waals surface area contributed by atoms with E-state index in [1.54, 1.807) is 10.7 Å². The summed E-state index contributed by atoms with van der Waals surface area (Å²) in [6.45, 7) is 6.02. The van der Waals surface area contributed by atoms with Gasteiger partial charge >= 0.3 is 0 Å². The normalized spacial score (nSPS) is 18.6. The molecule has 1 aliphatic heterocycles. The molecule has 1 atom stereocenters. The smallest absolute Gasteiger partial charge is 0.256 e. The van der Waals surface area contributed by atoms with E-state index in [4.69, 9.17) is 4.74 Å². The Morgan fingerprint density at radius 2 is 2.40 bits per heavy atom. The average Bonchev–Trinajstić information content (AvgIpc) is 3.04. The molecule has 2 aromatic heterocycles. The number of carbonyl (C=O) groups is 1. The van der Waals surface area contributed by atoms with E-state index in [-0.39, 0.29) is 5.91 Å². The van der Waals surface area contributed by atoms with Crippen molar-refractivity contribution in [1.29, 1.82) is 0 Å². The summed E-state index contributed by atoms with van der Waals surface area (Å²) in [5.41, 5.74) is 2.99. The molecule has 0 radical (unpaired) electrons. The second-order valence-electron chi connectivity index (χ2n) is 5.27. The molecule has 0 saturated carbocycles. The minimum absolute atomic E-state index is 0.121. The molecular weight excluding hydrogens is 256 g/mol. The first-order valence-electron chi connectivity index (χ1n) is 6.83. The minimum Gasteiger partial charge on any atom is -0.381 e. The maximum absolute atomic E-state index is 12.3. The Bertz CT molecular complexity index is 644. The lowest BCUT2D eigenvalue weighted by Crippen LogP contribution is -2.29. The van der Waals surface area contributed by atoms with Crippen molar-refractivity contribution >= 4 is 11.6 Å². The second-order valence-corrected chi connectivity index (χ2v) is 5.27. The molecule has 0 aromatic carbocycles. The van der Waals surface area contributed by atoms with Crippen LogP contribution in [0.25, 0.3) is 5.65 Å². The van der Waals surface area contributed by atoms with E-state index < -0.39 is 0 Å². The van der Waals surface area contributed by atoms with Crippen LogP contribution in [0.15, 0.2) is 12.3 Å². The SMILES string of the molecule is Cc1cc(C)n2ncc(C(=O)NC[C@@H]3CCOC3)c2n1. The van der Waals surface area contributed by atoms with Gasteiger partial charge in [0.15, 0.2) is 5.65 Å². The number of aromatic nitrogens is 3. The Balaban J connectivity index is 1.80. The summed E-state index contributed by atoms with van der Waals surface area (Å²) in [5, 5.41) is 7.17. The zero-order chi connectivity index (χ0) is 14.1. The number of amides is 1. The number of hydrogen-bond acceptors (Lipinski definition) is 4. The van der Waals surface area contributed by atoms with Gasteiger partial charge in [-0.25, -0.2) is 9.50 Å². The molecule has 3 rings (SSSR count). The summed E-state index contributed by atoms with van der Waals surface area (Å²) in [7, 11) is 0. The van der Waals surface area contributed by atoms with Crippen LogP contribution in [0.3, 0.4) is 0 Å². The predicted molar refractivity (Wildman–Crippen MR) is 73.7 cm³/mol. The van der Waals surface area contributed by atoms with Gasteiger partial charge in [-0.3, -0.25) is 4.79 Å². The third-order valence-corrected chi connectivity index (χ3v) is 3.60. The van der Waals surface area contributed by atoms with E-state index in [0.717, 1.165) is 31.0 Å². The van der Waals surface area contributed by atoms with Crippen molar-refractivity contribution in [3.8, 4) is 0 Å². The molecule has 0 bridgehead atoms. The number of rotatable bonds is 3. The summed E-state index contributed by atoms with van der Waals surface area (Å²) in [6, 6.07) is 1.94. The first-order valence-corrected chi connectivity index (χ1v) is 6.83. The predicted octanol–water partition coefficient (Wildman–Crippen LogP) is 1.11. The quantitative estimate of drug-likeness (QED) is 0.910. The molecule has 0 aliphatic carbocycles. The van der Waals surface area contributed by atoms with Crippen LogP contribution in [0.5, 0.6) is 0 Å². The van der Waals surface area contributed by atoms with Gasteiger partial charge in [-0.1, -0.05) is 0 Å². The third-order valence-electron chi connectivity index (χ3n) is 3.60. The maximum atomic E-state index is 12.3. The summed E-state index contributed by atoms with van der Waals surface area (Å²) in [4.78, 5) is 16.7. The molecule has 1 amide bonds. The van der Waals surface area contributed by atoms with Crippen molar-refractivity contribution in [2.24, 2.45) is 5.92 Å². The molecule has 106 valence electrons. The highest BCUT2D eigenvalue weighted by Gasteiger charge is 2.19. The molecule has 0 unspecified atom stereocenters. The Kier molecular flexibility index (Phi) is 3.40. The van der Waals surface area contributed by atoms with Crippen LogP contribution in [0.1, 0.15) is 28.2 Å². The van der Waals surface area contributed by atoms with Crippen LogP contribution in [0, 0.1) is 19.8 Å². The lowest BCUT2D eigenvalue weighted by Gasteiger charge is -2.08. The van der Waals surface area contributed by atoms with E-state index >= 15 is 0 Å². The number of nitrogens with one attached hydrogen (secondary N) is 1. The molecule has 1 saturated heterocycles. The van der Waals surface area contributed by atoms with E-state index in [1.165, 1.54) is 0 Å². The Hall–Kier alpha value is -1.95. The summed E-state index contributed by atoms with van der Waals surface area (Å²) < 4.78 is 7.00. The van der Waals surface area contributed by atoms with E-state index in [9.17, 15) is 4.79 Å². The van der Waals surface area contributed by atoms with E-state index in [0.29, 0.717) is 23.7 Å². The first-order chi connectivity index (χ1) is 9.65. The number of nitrogens with zero attached hydrogens (tertiary/aromatic N) is 3. The van der Waals surface area contributed by atoms with Crippen molar-refractivity contribution in [2.45, 2.75) is 20.3 Å². The maximum Gasteiger partial charge on any atom is 0.256 e. The second kappa shape index (κ2) is 5.20. The van der Waals surface area contributed by atoms with Crippen LogP contribution < -0.4 is 5.32 Å². The number of carbonyl (C=O) groups excluding carboxylic acids is 1. The van der Waals surface area contributed by atoms with Crippen molar-refractivity contribution in [3.63, 3.8) is 0 Å². The summed E-state index contributed by atoms with van der Waals surface area (Å²) in [6.07, 6.45) is 2.58. The van der Waals surface area contributed by atoms with Gasteiger partial charge in [0.25, 0.3) is 5.91 Å². The monoisotopic (exact) mass is 274 g/mol. The minimum atomic E-state index is -0.121. The van der Waals surface area contributed by atoms with Gasteiger partial charge in [-0.15, -0.1) is 0 Å². The molecule has 1 N–H and O–H groups in total. The Morgan fingerprint density at radius 1 is 1.55 bits per heavy atom. The summed E-state index contributed by atoms with van der Waals surface area (Å²) >= 11 is 0. The zero-order valence-corrected chi connectivity index (χ0v) is 11.7. The summed E-state index contributed by atoms with van der Waals surface area (Å²) in [5.74, 6) is 0.293. The fraction of sp³-hybridized carbons (Fsp3) is 0.500. The number of fused-ring (bicyclic) bond motifs is 1. The number of ether oxygens (including phenoxy) is 1.